The van der Waals surface area contributed by atoms with Gasteiger partial charge in [0.1, 0.15) is 29.7 Å². The summed E-state index contributed by atoms with van der Waals surface area (Å²) in [6.45, 7) is 4.70. The van der Waals surface area contributed by atoms with Crippen molar-refractivity contribution in [2.45, 2.75) is 26.4 Å². The van der Waals surface area contributed by atoms with E-state index in [1.165, 1.54) is 19.2 Å². The first-order valence-electron chi connectivity index (χ1n) is 9.43. The van der Waals surface area contributed by atoms with E-state index in [2.05, 4.69) is 0 Å². The van der Waals surface area contributed by atoms with Crippen LogP contribution in [0.25, 0.3) is 22.3 Å². The maximum Gasteiger partial charge on any atom is 0.416 e. The zero-order valence-corrected chi connectivity index (χ0v) is 17.8. The molecule has 0 atom stereocenters. The zero-order valence-electron chi connectivity index (χ0n) is 17.8. The highest BCUT2D eigenvalue weighted by molar-refractivity contribution is 5.91. The topological polar surface area (TPSA) is 95.0 Å². The number of fused-ring (bicyclic) bond motifs is 1. The molecule has 10 heteroatoms. The summed E-state index contributed by atoms with van der Waals surface area (Å²) in [6.07, 6.45) is -0.831. The number of nitrogens with zero attached hydrogens (tertiary/aromatic N) is 1. The standard InChI is InChI=1S/C22H21F3N2O5/c1-22(2,3)32-21(29)27(10-30-4)15-6-5-11(7-12(15)23)17-9-16(28)18-19(26)13(24)8-14(25)20(18)31-17/h5-9H,10,26H2,1-4H3. The number of methoxy groups -OCH3 is 1. The Labute approximate surface area is 181 Å². The lowest BCUT2D eigenvalue weighted by Crippen LogP contribution is -2.38. The first-order valence-corrected chi connectivity index (χ1v) is 9.43. The number of amides is 1. The molecule has 0 unspecified atom stereocenters. The number of nitrogen functional groups attached to an aromatic ring is 1. The molecule has 0 bridgehead atoms. The second-order valence-corrected chi connectivity index (χ2v) is 7.93. The van der Waals surface area contributed by atoms with Gasteiger partial charge in [0.05, 0.1) is 16.8 Å². The third-order valence-corrected chi connectivity index (χ3v) is 4.34. The summed E-state index contributed by atoms with van der Waals surface area (Å²) in [5.41, 5.74) is 2.75. The molecule has 1 aromatic heterocycles. The van der Waals surface area contributed by atoms with Crippen molar-refractivity contribution < 1.29 is 31.9 Å². The Morgan fingerprint density at radius 3 is 2.38 bits per heavy atom. The minimum atomic E-state index is -1.13. The summed E-state index contributed by atoms with van der Waals surface area (Å²) in [5, 5.41) is -0.445. The van der Waals surface area contributed by atoms with E-state index in [1.807, 2.05) is 0 Å². The summed E-state index contributed by atoms with van der Waals surface area (Å²) in [4.78, 5) is 25.8. The van der Waals surface area contributed by atoms with Gasteiger partial charge in [-0.3, -0.25) is 9.69 Å². The molecule has 3 aromatic rings. The van der Waals surface area contributed by atoms with Gasteiger partial charge in [-0.2, -0.15) is 0 Å². The van der Waals surface area contributed by atoms with Crippen LogP contribution >= 0.6 is 0 Å². The maximum atomic E-state index is 14.9. The predicted octanol–water partition coefficient (Wildman–Crippen LogP) is 4.80. The van der Waals surface area contributed by atoms with Gasteiger partial charge in [-0.15, -0.1) is 0 Å². The van der Waals surface area contributed by atoms with Crippen LogP contribution in [0, 0.1) is 17.5 Å². The van der Waals surface area contributed by atoms with Crippen LogP contribution in [-0.2, 0) is 9.47 Å². The maximum absolute atomic E-state index is 14.9. The molecule has 0 fully saturated rings. The van der Waals surface area contributed by atoms with Crippen LogP contribution < -0.4 is 16.1 Å². The lowest BCUT2D eigenvalue weighted by molar-refractivity contribution is 0.0523. The summed E-state index contributed by atoms with van der Waals surface area (Å²) in [7, 11) is 1.33. The van der Waals surface area contributed by atoms with E-state index in [9.17, 15) is 22.8 Å². The van der Waals surface area contributed by atoms with Crippen molar-refractivity contribution in [3.8, 4) is 11.3 Å². The van der Waals surface area contributed by atoms with Gasteiger partial charge < -0.3 is 19.6 Å². The SMILES string of the molecule is COCN(C(=O)OC(C)(C)C)c1ccc(-c2cc(=O)c3c(N)c(F)cc(F)c3o2)cc1F. The highest BCUT2D eigenvalue weighted by Gasteiger charge is 2.26. The molecule has 1 amide bonds. The van der Waals surface area contributed by atoms with Crippen LogP contribution in [0.5, 0.6) is 0 Å². The fourth-order valence-corrected chi connectivity index (χ4v) is 2.98. The average Bonchev–Trinajstić information content (AvgIpc) is 2.68. The minimum Gasteiger partial charge on any atom is -0.453 e. The Hall–Kier alpha value is -3.53. The third kappa shape index (κ3) is 4.54. The summed E-state index contributed by atoms with van der Waals surface area (Å²) in [6, 6.07) is 5.06. The van der Waals surface area contributed by atoms with Gasteiger partial charge in [0, 0.05) is 24.8 Å². The molecule has 0 aliphatic carbocycles. The Morgan fingerprint density at radius 2 is 1.78 bits per heavy atom. The lowest BCUT2D eigenvalue weighted by Gasteiger charge is -2.27. The number of hydrogen-bond acceptors (Lipinski definition) is 6. The quantitative estimate of drug-likeness (QED) is 0.453. The monoisotopic (exact) mass is 450 g/mol. The fraction of sp³-hybridized carbons (Fsp3) is 0.273. The summed E-state index contributed by atoms with van der Waals surface area (Å²) in [5.74, 6) is -3.24. The molecule has 2 aromatic carbocycles. The van der Waals surface area contributed by atoms with Crippen LogP contribution in [-0.4, -0.2) is 25.5 Å². The Kier molecular flexibility index (Phi) is 6.18. The van der Waals surface area contributed by atoms with Crippen molar-refractivity contribution >= 4 is 28.4 Å². The number of halogens is 3. The Balaban J connectivity index is 2.06. The largest absolute Gasteiger partial charge is 0.453 e. The van der Waals surface area contributed by atoms with E-state index in [1.54, 1.807) is 20.8 Å². The molecular weight excluding hydrogens is 429 g/mol. The lowest BCUT2D eigenvalue weighted by atomic mass is 10.1. The van der Waals surface area contributed by atoms with Gasteiger partial charge >= 0.3 is 6.09 Å². The van der Waals surface area contributed by atoms with Gasteiger partial charge in [0.15, 0.2) is 16.8 Å². The molecule has 0 spiro atoms. The van der Waals surface area contributed by atoms with E-state index in [4.69, 9.17) is 19.6 Å². The number of benzene rings is 2. The van der Waals surface area contributed by atoms with Crippen LogP contribution in [0.1, 0.15) is 20.8 Å². The second-order valence-electron chi connectivity index (χ2n) is 7.93. The molecule has 1 heterocycles. The van der Waals surface area contributed by atoms with Gasteiger partial charge in [-0.1, -0.05) is 0 Å². The molecule has 0 saturated carbocycles. The smallest absolute Gasteiger partial charge is 0.416 e. The van der Waals surface area contributed by atoms with E-state index < -0.39 is 51.2 Å². The highest BCUT2D eigenvalue weighted by Crippen LogP contribution is 2.31. The number of nitrogens with two attached hydrogens (primary N) is 1. The minimum absolute atomic E-state index is 0.0779. The average molecular weight is 450 g/mol. The number of carbonyl (C=O) groups is 1. The van der Waals surface area contributed by atoms with Crippen molar-refractivity contribution in [2.75, 3.05) is 24.5 Å². The van der Waals surface area contributed by atoms with Crippen molar-refractivity contribution in [1.82, 2.24) is 0 Å². The summed E-state index contributed by atoms with van der Waals surface area (Å²) >= 11 is 0. The van der Waals surface area contributed by atoms with Gasteiger partial charge in [-0.25, -0.2) is 18.0 Å². The fourth-order valence-electron chi connectivity index (χ4n) is 2.98. The number of rotatable bonds is 4. The molecular formula is C22H21F3N2O5. The van der Waals surface area contributed by atoms with Gasteiger partial charge in [0.25, 0.3) is 0 Å². The number of anilines is 2. The number of hydrogen-bond donors (Lipinski definition) is 1. The first kappa shape index (κ1) is 23.1. The number of ether oxygens (including phenoxy) is 2. The molecule has 3 rings (SSSR count). The second kappa shape index (κ2) is 8.54. The van der Waals surface area contributed by atoms with Crippen molar-refractivity contribution in [2.24, 2.45) is 0 Å². The molecule has 7 nitrogen and oxygen atoms in total. The first-order chi connectivity index (χ1) is 14.9. The zero-order chi connectivity index (χ0) is 23.8. The molecule has 0 aliphatic rings. The highest BCUT2D eigenvalue weighted by atomic mass is 19.1. The van der Waals surface area contributed by atoms with Crippen molar-refractivity contribution in [1.29, 1.82) is 0 Å². The molecule has 170 valence electrons. The third-order valence-electron chi connectivity index (χ3n) is 4.34. The van der Waals surface area contributed by atoms with Crippen molar-refractivity contribution in [3.05, 3.63) is 58.0 Å². The van der Waals surface area contributed by atoms with Crippen LogP contribution in [0.2, 0.25) is 0 Å². The predicted molar refractivity (Wildman–Crippen MR) is 113 cm³/mol. The normalized spacial score (nSPS) is 11.6. The van der Waals surface area contributed by atoms with Crippen LogP contribution in [0.15, 0.2) is 39.5 Å². The van der Waals surface area contributed by atoms with Crippen molar-refractivity contribution in [3.63, 3.8) is 0 Å². The van der Waals surface area contributed by atoms with E-state index in [0.717, 1.165) is 17.0 Å². The summed E-state index contributed by atoms with van der Waals surface area (Å²) < 4.78 is 58.4. The van der Waals surface area contributed by atoms with E-state index in [0.29, 0.717) is 6.07 Å². The molecule has 2 N–H and O–H groups in total. The molecule has 0 radical (unpaired) electrons. The molecule has 0 aliphatic heterocycles. The molecule has 0 saturated heterocycles. The van der Waals surface area contributed by atoms with Gasteiger partial charge in [-0.05, 0) is 39.0 Å². The Bertz CT molecular complexity index is 1250. The Morgan fingerprint density at radius 1 is 1.09 bits per heavy atom. The van der Waals surface area contributed by atoms with Crippen LogP contribution in [0.4, 0.5) is 29.3 Å². The van der Waals surface area contributed by atoms with Gasteiger partial charge in [0.2, 0.25) is 0 Å². The van der Waals surface area contributed by atoms with E-state index >= 15 is 0 Å². The number of carbonyl (C=O) groups excluding carboxylic acids is 1. The van der Waals surface area contributed by atoms with E-state index in [-0.39, 0.29) is 23.7 Å². The molecule has 32 heavy (non-hydrogen) atoms. The van der Waals surface area contributed by atoms with Crippen LogP contribution in [0.3, 0.4) is 0 Å².